The average Bonchev–Trinajstić information content (AvgIpc) is 3.12. The molecule has 0 aliphatic carbocycles. The number of carbonyl (C=O) groups is 2. The second-order valence-corrected chi connectivity index (χ2v) is 7.70. The fourth-order valence-electron chi connectivity index (χ4n) is 3.31. The smallest absolute Gasteiger partial charge is 0.313 e. The number of hydrazine groups is 1. The molecule has 1 saturated heterocycles. The molecule has 1 heterocycles. The second-order valence-electron chi connectivity index (χ2n) is 7.30. The van der Waals surface area contributed by atoms with Crippen LogP contribution < -0.4 is 15.2 Å². The number of nitro benzene ring substituents is 2. The Morgan fingerprint density at radius 2 is 1.66 bits per heavy atom. The number of hydrogen-bond acceptors (Lipinski definition) is 7. The van der Waals surface area contributed by atoms with Gasteiger partial charge in [0, 0.05) is 18.2 Å². The van der Waals surface area contributed by atoms with Crippen LogP contribution in [0.3, 0.4) is 0 Å². The summed E-state index contributed by atoms with van der Waals surface area (Å²) < 4.78 is 5.54. The van der Waals surface area contributed by atoms with Crippen LogP contribution in [-0.4, -0.2) is 21.7 Å². The number of non-ortho nitro benzene ring substituents is 1. The van der Waals surface area contributed by atoms with Crippen LogP contribution in [0.5, 0.6) is 5.75 Å². The van der Waals surface area contributed by atoms with Gasteiger partial charge in [-0.3, -0.25) is 35.2 Å². The van der Waals surface area contributed by atoms with E-state index in [4.69, 9.17) is 16.3 Å². The van der Waals surface area contributed by atoms with Gasteiger partial charge in [-0.1, -0.05) is 29.8 Å². The first-order valence-corrected chi connectivity index (χ1v) is 10.4. The normalized spacial score (nSPS) is 14.2. The summed E-state index contributed by atoms with van der Waals surface area (Å²) in [6.07, 6.45) is 1.21. The predicted molar refractivity (Wildman–Crippen MR) is 126 cm³/mol. The molecule has 0 atom stereocenters. The maximum Gasteiger partial charge on any atom is 0.313 e. The van der Waals surface area contributed by atoms with Crippen LogP contribution in [0.4, 0.5) is 17.1 Å². The van der Waals surface area contributed by atoms with Crippen molar-refractivity contribution in [3.8, 4) is 5.75 Å². The summed E-state index contributed by atoms with van der Waals surface area (Å²) in [7, 11) is 0. The summed E-state index contributed by atoms with van der Waals surface area (Å²) in [5.74, 6) is -1.51. The molecule has 0 bridgehead atoms. The first-order chi connectivity index (χ1) is 16.7. The Balaban J connectivity index is 1.60. The fraction of sp³-hybridized carbons (Fsp3) is 0.0435. The van der Waals surface area contributed by atoms with Gasteiger partial charge in [-0.25, -0.2) is 5.01 Å². The van der Waals surface area contributed by atoms with Crippen LogP contribution in [0.25, 0.3) is 6.08 Å². The molecule has 0 aromatic heterocycles. The van der Waals surface area contributed by atoms with Crippen molar-refractivity contribution >= 4 is 46.6 Å². The van der Waals surface area contributed by atoms with Crippen LogP contribution in [0.15, 0.2) is 72.3 Å². The highest BCUT2D eigenvalue weighted by molar-refractivity contribution is 6.33. The molecule has 3 aromatic rings. The molecule has 0 spiro atoms. The van der Waals surface area contributed by atoms with Crippen LogP contribution in [-0.2, 0) is 16.2 Å². The molecule has 35 heavy (non-hydrogen) atoms. The van der Waals surface area contributed by atoms with E-state index in [0.717, 1.165) is 11.1 Å². The minimum absolute atomic E-state index is 0.105. The number of nitrogens with one attached hydrogen (secondary N) is 1. The lowest BCUT2D eigenvalue weighted by atomic mass is 10.1. The van der Waals surface area contributed by atoms with Gasteiger partial charge in [0.25, 0.3) is 17.5 Å². The van der Waals surface area contributed by atoms with Gasteiger partial charge in [-0.05, 0) is 47.5 Å². The summed E-state index contributed by atoms with van der Waals surface area (Å²) in [6.45, 7) is -0.133. The highest BCUT2D eigenvalue weighted by Crippen LogP contribution is 2.37. The number of anilines is 1. The van der Waals surface area contributed by atoms with E-state index in [2.05, 4.69) is 5.43 Å². The maximum absolute atomic E-state index is 12.8. The molecular weight excluding hydrogens is 480 g/mol. The van der Waals surface area contributed by atoms with E-state index in [1.165, 1.54) is 36.4 Å². The van der Waals surface area contributed by atoms with Crippen molar-refractivity contribution in [2.24, 2.45) is 0 Å². The van der Waals surface area contributed by atoms with Crippen molar-refractivity contribution in [1.82, 2.24) is 5.43 Å². The van der Waals surface area contributed by atoms with Crippen LogP contribution in [0, 0.1) is 20.2 Å². The third-order valence-corrected chi connectivity index (χ3v) is 5.27. The molecule has 4 rings (SSSR count). The van der Waals surface area contributed by atoms with Gasteiger partial charge >= 0.3 is 5.69 Å². The first-order valence-electron chi connectivity index (χ1n) is 10.0. The minimum Gasteiger partial charge on any atom is -0.481 e. The molecule has 12 heteroatoms. The van der Waals surface area contributed by atoms with Crippen molar-refractivity contribution in [2.45, 2.75) is 6.61 Å². The summed E-state index contributed by atoms with van der Waals surface area (Å²) >= 11 is 6.25. The molecule has 1 fully saturated rings. The van der Waals surface area contributed by atoms with Gasteiger partial charge in [0.1, 0.15) is 12.2 Å². The van der Waals surface area contributed by atoms with Gasteiger partial charge in [-0.2, -0.15) is 0 Å². The Hall–Kier alpha value is -4.77. The molecule has 0 saturated carbocycles. The number of nitro groups is 2. The van der Waals surface area contributed by atoms with Gasteiger partial charge in [0.2, 0.25) is 5.75 Å². The zero-order chi connectivity index (χ0) is 25.1. The van der Waals surface area contributed by atoms with Gasteiger partial charge in [0.15, 0.2) is 0 Å². The number of halogens is 1. The van der Waals surface area contributed by atoms with Crippen molar-refractivity contribution < 1.29 is 24.2 Å². The highest BCUT2D eigenvalue weighted by atomic mass is 35.5. The van der Waals surface area contributed by atoms with E-state index in [9.17, 15) is 29.8 Å². The third-order valence-electron chi connectivity index (χ3n) is 4.99. The standard InChI is InChI=1S/C23H15ClN4O7/c24-19-11-15(10-18-22(29)25-26(23(18)30)16-4-2-1-3-5-16)12-20(28(33)34)21(19)35-13-14-6-8-17(9-7-14)27(31)32/h1-12H,13H2,(H,25,29). The number of hydrogen-bond donors (Lipinski definition) is 1. The summed E-state index contributed by atoms with van der Waals surface area (Å²) in [4.78, 5) is 46.3. The van der Waals surface area contributed by atoms with Crippen molar-refractivity contribution in [3.05, 3.63) is 109 Å². The number of rotatable bonds is 7. The Morgan fingerprint density at radius 1 is 0.971 bits per heavy atom. The van der Waals surface area contributed by atoms with Crippen molar-refractivity contribution in [1.29, 1.82) is 0 Å². The zero-order valence-corrected chi connectivity index (χ0v) is 18.5. The fourth-order valence-corrected chi connectivity index (χ4v) is 3.59. The molecule has 0 radical (unpaired) electrons. The summed E-state index contributed by atoms with van der Waals surface area (Å²) in [5, 5.41) is 23.4. The van der Waals surface area contributed by atoms with E-state index < -0.39 is 27.3 Å². The molecule has 1 aliphatic rings. The SMILES string of the molecule is O=C1NN(c2ccccc2)C(=O)C1=Cc1cc(Cl)c(OCc2ccc([N+](=O)[O-])cc2)c([N+](=O)[O-])c1. The first kappa shape index (κ1) is 23.4. The molecule has 11 nitrogen and oxygen atoms in total. The number of nitrogens with zero attached hydrogens (tertiary/aromatic N) is 3. The Labute approximate surface area is 202 Å². The average molecular weight is 495 g/mol. The van der Waals surface area contributed by atoms with Crippen LogP contribution >= 0.6 is 11.6 Å². The highest BCUT2D eigenvalue weighted by Gasteiger charge is 2.34. The van der Waals surface area contributed by atoms with E-state index in [1.54, 1.807) is 30.3 Å². The maximum atomic E-state index is 12.8. The molecule has 2 amide bonds. The van der Waals surface area contributed by atoms with Gasteiger partial charge in [-0.15, -0.1) is 0 Å². The molecule has 1 N–H and O–H groups in total. The van der Waals surface area contributed by atoms with Crippen molar-refractivity contribution in [3.63, 3.8) is 0 Å². The number of para-hydroxylation sites is 1. The molecule has 3 aromatic carbocycles. The van der Waals surface area contributed by atoms with Crippen molar-refractivity contribution in [2.75, 3.05) is 5.01 Å². The minimum atomic E-state index is -0.703. The van der Waals surface area contributed by atoms with E-state index in [0.29, 0.717) is 11.3 Å². The Bertz CT molecular complexity index is 1370. The molecular formula is C23H15ClN4O7. The van der Waals surface area contributed by atoms with Crippen LogP contribution in [0.1, 0.15) is 11.1 Å². The lowest BCUT2D eigenvalue weighted by Gasteiger charge is -2.13. The summed E-state index contributed by atoms with van der Waals surface area (Å²) in [6, 6.07) is 16.4. The Morgan fingerprint density at radius 3 is 2.29 bits per heavy atom. The van der Waals surface area contributed by atoms with Gasteiger partial charge in [0.05, 0.1) is 20.6 Å². The molecule has 1 aliphatic heterocycles. The number of benzene rings is 3. The topological polar surface area (TPSA) is 145 Å². The largest absolute Gasteiger partial charge is 0.481 e. The quantitative estimate of drug-likeness (QED) is 0.224. The second kappa shape index (κ2) is 9.61. The number of carbonyl (C=O) groups excluding carboxylic acids is 2. The van der Waals surface area contributed by atoms with E-state index in [-0.39, 0.29) is 34.2 Å². The molecule has 176 valence electrons. The summed E-state index contributed by atoms with van der Waals surface area (Å²) in [5.41, 5.74) is 2.77. The van der Waals surface area contributed by atoms with E-state index >= 15 is 0 Å². The lowest BCUT2D eigenvalue weighted by molar-refractivity contribution is -0.386. The predicted octanol–water partition coefficient (Wildman–Crippen LogP) is 4.20. The monoisotopic (exact) mass is 494 g/mol. The number of amides is 2. The van der Waals surface area contributed by atoms with E-state index in [1.807, 2.05) is 0 Å². The molecule has 0 unspecified atom stereocenters. The number of ether oxygens (including phenoxy) is 1. The zero-order valence-electron chi connectivity index (χ0n) is 17.7. The third kappa shape index (κ3) is 4.94. The Kier molecular flexibility index (Phi) is 6.42. The lowest BCUT2D eigenvalue weighted by Crippen LogP contribution is -2.35. The van der Waals surface area contributed by atoms with Crippen LogP contribution in [0.2, 0.25) is 5.02 Å². The van der Waals surface area contributed by atoms with Gasteiger partial charge < -0.3 is 4.74 Å².